The van der Waals surface area contributed by atoms with Gasteiger partial charge in [-0.2, -0.15) is 5.21 Å². The van der Waals surface area contributed by atoms with Gasteiger partial charge in [0.1, 0.15) is 5.75 Å². The van der Waals surface area contributed by atoms with Gasteiger partial charge in [-0.05, 0) is 47.9 Å². The molecule has 0 fully saturated rings. The highest BCUT2D eigenvalue weighted by atomic mass is 32.2. The van der Waals surface area contributed by atoms with Gasteiger partial charge in [0.25, 0.3) is 0 Å². The number of benzene rings is 3. The zero-order chi connectivity index (χ0) is 26.8. The number of hydrogen-bond donors (Lipinski definition) is 1. The molecule has 0 radical (unpaired) electrons. The fraction of sp³-hybridized carbons (Fsp3) is 0.167. The molecular weight excluding hydrogens is 506 g/mol. The summed E-state index contributed by atoms with van der Waals surface area (Å²) in [7, 11) is 1.71. The van der Waals surface area contributed by atoms with Crippen LogP contribution >= 0.6 is 11.8 Å². The lowest BCUT2D eigenvalue weighted by Crippen LogP contribution is -2.07. The zero-order valence-electron chi connectivity index (χ0n) is 21.9. The third-order valence-corrected chi connectivity index (χ3v) is 7.87. The molecule has 3 aromatic heterocycles. The number of fused-ring (bicyclic) bond motifs is 1. The van der Waals surface area contributed by atoms with E-state index in [4.69, 9.17) is 14.7 Å². The Kier molecular flexibility index (Phi) is 6.81. The lowest BCUT2D eigenvalue weighted by atomic mass is 9.98. The zero-order valence-corrected chi connectivity index (χ0v) is 22.7. The molecule has 8 nitrogen and oxygen atoms in total. The van der Waals surface area contributed by atoms with E-state index in [0.717, 1.165) is 61.2 Å². The minimum atomic E-state index is 0.583. The van der Waals surface area contributed by atoms with E-state index in [1.807, 2.05) is 37.4 Å². The molecule has 0 unspecified atom stereocenters. The number of thioether (sulfide) groups is 1. The number of para-hydroxylation sites is 2. The summed E-state index contributed by atoms with van der Waals surface area (Å²) in [5.41, 5.74) is 9.47. The molecule has 1 N–H and O–H groups in total. The first-order valence-electron chi connectivity index (χ1n) is 12.6. The third-order valence-electron chi connectivity index (χ3n) is 6.82. The normalized spacial score (nSPS) is 11.3. The number of ether oxygens (including phenoxy) is 1. The van der Waals surface area contributed by atoms with E-state index in [2.05, 4.69) is 80.6 Å². The van der Waals surface area contributed by atoms with Gasteiger partial charge in [0.05, 0.1) is 30.4 Å². The maximum Gasteiger partial charge on any atom is 0.205 e. The molecule has 3 aromatic carbocycles. The second-order valence-corrected chi connectivity index (χ2v) is 10.2. The fourth-order valence-corrected chi connectivity index (χ4v) is 5.80. The smallest absolute Gasteiger partial charge is 0.205 e. The Morgan fingerprint density at radius 2 is 1.69 bits per heavy atom. The maximum atomic E-state index is 5.65. The van der Waals surface area contributed by atoms with Crippen LogP contribution in [0.1, 0.15) is 22.4 Å². The van der Waals surface area contributed by atoms with E-state index >= 15 is 0 Å². The number of pyridine rings is 1. The van der Waals surface area contributed by atoms with Crippen LogP contribution in [-0.2, 0) is 12.3 Å². The monoisotopic (exact) mass is 533 g/mol. The molecule has 0 saturated carbocycles. The summed E-state index contributed by atoms with van der Waals surface area (Å²) in [4.78, 5) is 9.70. The van der Waals surface area contributed by atoms with Crippen molar-refractivity contribution in [3.05, 3.63) is 101 Å². The second-order valence-electron chi connectivity index (χ2n) is 9.28. The first-order chi connectivity index (χ1) is 19.1. The summed E-state index contributed by atoms with van der Waals surface area (Å²) in [5, 5.41) is 15.5. The van der Waals surface area contributed by atoms with E-state index in [-0.39, 0.29) is 0 Å². The molecule has 194 valence electrons. The fourth-order valence-electron chi connectivity index (χ4n) is 4.83. The molecule has 3 heterocycles. The van der Waals surface area contributed by atoms with Crippen LogP contribution in [0.15, 0.2) is 84.1 Å². The largest absolute Gasteiger partial charge is 0.496 e. The van der Waals surface area contributed by atoms with Crippen molar-refractivity contribution in [3.63, 3.8) is 0 Å². The van der Waals surface area contributed by atoms with Crippen LogP contribution in [0.4, 0.5) is 0 Å². The van der Waals surface area contributed by atoms with Crippen LogP contribution in [0.25, 0.3) is 33.5 Å². The Morgan fingerprint density at radius 1 is 0.923 bits per heavy atom. The van der Waals surface area contributed by atoms with Crippen molar-refractivity contribution in [2.24, 2.45) is 0 Å². The van der Waals surface area contributed by atoms with Crippen molar-refractivity contribution in [2.75, 3.05) is 7.11 Å². The van der Waals surface area contributed by atoms with Crippen LogP contribution < -0.4 is 4.74 Å². The number of rotatable bonds is 8. The minimum absolute atomic E-state index is 0.583. The van der Waals surface area contributed by atoms with Gasteiger partial charge in [0.2, 0.25) is 5.82 Å². The average Bonchev–Trinajstić information content (AvgIpc) is 3.63. The molecule has 0 aliphatic rings. The molecule has 0 atom stereocenters. The summed E-state index contributed by atoms with van der Waals surface area (Å²) >= 11 is 1.73. The summed E-state index contributed by atoms with van der Waals surface area (Å²) in [5.74, 6) is 2.26. The van der Waals surface area contributed by atoms with Crippen molar-refractivity contribution in [3.8, 4) is 28.3 Å². The molecule has 0 aliphatic heterocycles. The van der Waals surface area contributed by atoms with E-state index in [1.54, 1.807) is 18.9 Å². The highest BCUT2D eigenvalue weighted by Crippen LogP contribution is 2.32. The molecule has 6 aromatic rings. The van der Waals surface area contributed by atoms with Crippen LogP contribution in [0.3, 0.4) is 0 Å². The lowest BCUT2D eigenvalue weighted by molar-refractivity contribution is 0.406. The highest BCUT2D eigenvalue weighted by Gasteiger charge is 2.16. The average molecular weight is 534 g/mol. The Morgan fingerprint density at radius 3 is 2.46 bits per heavy atom. The van der Waals surface area contributed by atoms with Gasteiger partial charge in [-0.25, -0.2) is 4.98 Å². The van der Waals surface area contributed by atoms with Gasteiger partial charge < -0.3 is 9.30 Å². The van der Waals surface area contributed by atoms with Crippen LogP contribution in [0, 0.1) is 13.8 Å². The van der Waals surface area contributed by atoms with Crippen LogP contribution in [0.5, 0.6) is 5.75 Å². The molecule has 0 amide bonds. The summed E-state index contributed by atoms with van der Waals surface area (Å²) in [6, 6.07) is 25.0. The molecular formula is C30H27N7OS. The van der Waals surface area contributed by atoms with Crippen molar-refractivity contribution in [2.45, 2.75) is 31.3 Å². The van der Waals surface area contributed by atoms with Crippen LogP contribution in [0.2, 0.25) is 0 Å². The van der Waals surface area contributed by atoms with Gasteiger partial charge in [-0.1, -0.05) is 72.4 Å². The van der Waals surface area contributed by atoms with Gasteiger partial charge in [0, 0.05) is 28.6 Å². The molecule has 0 bridgehead atoms. The number of hydrogen-bond acceptors (Lipinski definition) is 7. The third kappa shape index (κ3) is 4.88. The van der Waals surface area contributed by atoms with Gasteiger partial charge in [-0.3, -0.25) is 4.98 Å². The van der Waals surface area contributed by atoms with Gasteiger partial charge in [-0.15, -0.1) is 10.2 Å². The Labute approximate surface area is 230 Å². The number of imidazole rings is 1. The number of aryl methyl sites for hydroxylation is 1. The van der Waals surface area contributed by atoms with Crippen molar-refractivity contribution < 1.29 is 4.74 Å². The number of methoxy groups -OCH3 is 1. The molecule has 0 spiro atoms. The molecule has 39 heavy (non-hydrogen) atoms. The lowest BCUT2D eigenvalue weighted by Gasteiger charge is -2.14. The number of aromatic amines is 1. The van der Waals surface area contributed by atoms with Gasteiger partial charge in [0.15, 0.2) is 5.16 Å². The Bertz CT molecular complexity index is 1740. The first kappa shape index (κ1) is 24.8. The predicted octanol–water partition coefficient (Wildman–Crippen LogP) is 6.24. The van der Waals surface area contributed by atoms with Crippen LogP contribution in [-0.4, -0.2) is 42.3 Å². The Hall–Kier alpha value is -4.50. The standard InChI is InChI=1S/C30H27N7OS/c1-19-16-31-26(20(2)28(19)38-3)17-37-27-11-7-6-10-25(27)32-30(37)39-18-21-12-14-22(15-13-21)23-8-4-5-9-24(23)29-33-35-36-34-29/h4-16H,17-18H2,1-3H3,(H,33,34,35,36). The molecule has 0 aliphatic carbocycles. The number of H-pyrrole nitrogens is 1. The summed E-state index contributed by atoms with van der Waals surface area (Å²) in [6.45, 7) is 4.71. The first-order valence-corrected chi connectivity index (χ1v) is 13.6. The van der Waals surface area contributed by atoms with Crippen molar-refractivity contribution >= 4 is 22.8 Å². The van der Waals surface area contributed by atoms with E-state index in [1.165, 1.54) is 5.56 Å². The van der Waals surface area contributed by atoms with Crippen molar-refractivity contribution in [1.82, 2.24) is 35.2 Å². The second kappa shape index (κ2) is 10.7. The summed E-state index contributed by atoms with van der Waals surface area (Å²) < 4.78 is 7.90. The maximum absolute atomic E-state index is 5.65. The van der Waals surface area contributed by atoms with Crippen molar-refractivity contribution in [1.29, 1.82) is 0 Å². The molecule has 0 saturated heterocycles. The topological polar surface area (TPSA) is 94.4 Å². The number of tetrazole rings is 1. The SMILES string of the molecule is COc1c(C)cnc(Cn2c(SCc3ccc(-c4ccccc4-c4nn[nH]n4)cc3)nc3ccccc32)c1C. The summed E-state index contributed by atoms with van der Waals surface area (Å²) in [6.07, 6.45) is 1.88. The number of nitrogens with one attached hydrogen (secondary N) is 1. The molecule has 6 rings (SSSR count). The van der Waals surface area contributed by atoms with E-state index < -0.39 is 0 Å². The highest BCUT2D eigenvalue weighted by molar-refractivity contribution is 7.98. The number of aromatic nitrogens is 7. The quantitative estimate of drug-likeness (QED) is 0.231. The minimum Gasteiger partial charge on any atom is -0.496 e. The van der Waals surface area contributed by atoms with E-state index in [9.17, 15) is 0 Å². The predicted molar refractivity (Wildman–Crippen MR) is 154 cm³/mol. The van der Waals surface area contributed by atoms with E-state index in [0.29, 0.717) is 12.4 Å². The number of nitrogens with zero attached hydrogens (tertiary/aromatic N) is 6. The Balaban J connectivity index is 1.26. The molecule has 9 heteroatoms. The van der Waals surface area contributed by atoms with Gasteiger partial charge >= 0.3 is 0 Å².